The Bertz CT molecular complexity index is 890. The highest BCUT2D eigenvalue weighted by atomic mass is 32.2. The lowest BCUT2D eigenvalue weighted by Crippen LogP contribution is -2.45. The molecular formula is C25H40N2O3SSi. The van der Waals surface area contributed by atoms with Crippen molar-refractivity contribution in [3.8, 4) is 0 Å². The number of rotatable bonds is 11. The number of aryl methyl sites for hydroxylation is 2. The standard InChI is InChI=1S/C25H40N2O3SSi/c1-9-29-24(28)23-17-27(18-26-23)16-21(30-32(7,8)25(4,5)6)11-10-14-31-22-13-12-19(2)20(3)15-22/h12-13,15,17-18,21H,9-11,14,16H2,1-8H3. The monoisotopic (exact) mass is 476 g/mol. The fraction of sp³-hybridized carbons (Fsp3) is 0.600. The number of aromatic nitrogens is 2. The van der Waals surface area contributed by atoms with Gasteiger partial charge in [-0.25, -0.2) is 9.78 Å². The van der Waals surface area contributed by atoms with Crippen LogP contribution >= 0.6 is 11.8 Å². The topological polar surface area (TPSA) is 53.4 Å². The van der Waals surface area contributed by atoms with Gasteiger partial charge >= 0.3 is 5.97 Å². The third kappa shape index (κ3) is 7.78. The molecule has 0 fully saturated rings. The van der Waals surface area contributed by atoms with Crippen molar-refractivity contribution >= 4 is 26.0 Å². The van der Waals surface area contributed by atoms with Gasteiger partial charge in [-0.3, -0.25) is 0 Å². The van der Waals surface area contributed by atoms with E-state index in [9.17, 15) is 4.79 Å². The number of benzene rings is 1. The van der Waals surface area contributed by atoms with Crippen molar-refractivity contribution in [2.24, 2.45) is 0 Å². The Morgan fingerprint density at radius 1 is 1.22 bits per heavy atom. The Morgan fingerprint density at radius 2 is 1.94 bits per heavy atom. The van der Waals surface area contributed by atoms with Crippen molar-refractivity contribution in [2.75, 3.05) is 12.4 Å². The van der Waals surface area contributed by atoms with Gasteiger partial charge in [0.15, 0.2) is 14.0 Å². The van der Waals surface area contributed by atoms with E-state index in [4.69, 9.17) is 9.16 Å². The molecule has 0 aliphatic rings. The summed E-state index contributed by atoms with van der Waals surface area (Å²) >= 11 is 1.90. The third-order valence-electron chi connectivity index (χ3n) is 6.22. The minimum Gasteiger partial charge on any atom is -0.461 e. The number of carbonyl (C=O) groups is 1. The molecule has 0 spiro atoms. The summed E-state index contributed by atoms with van der Waals surface area (Å²) in [5.74, 6) is 0.677. The maximum Gasteiger partial charge on any atom is 0.358 e. The second-order valence-corrected chi connectivity index (χ2v) is 15.8. The Balaban J connectivity index is 2.02. The van der Waals surface area contributed by atoms with Crippen molar-refractivity contribution in [1.29, 1.82) is 0 Å². The van der Waals surface area contributed by atoms with Crippen LogP contribution in [0.4, 0.5) is 0 Å². The minimum absolute atomic E-state index is 0.0838. The van der Waals surface area contributed by atoms with Gasteiger partial charge in [0, 0.05) is 17.6 Å². The predicted octanol–water partition coefficient (Wildman–Crippen LogP) is 6.64. The molecule has 1 aromatic heterocycles. The first-order chi connectivity index (χ1) is 14.9. The molecule has 1 unspecified atom stereocenters. The average Bonchev–Trinajstić information content (AvgIpc) is 3.15. The molecule has 32 heavy (non-hydrogen) atoms. The average molecular weight is 477 g/mol. The SMILES string of the molecule is CCOC(=O)c1cn(CC(CCCSc2ccc(C)c(C)c2)O[Si](C)(C)C(C)(C)C)cn1. The quantitative estimate of drug-likeness (QED) is 0.157. The van der Waals surface area contributed by atoms with Crippen molar-refractivity contribution in [2.45, 2.75) is 90.1 Å². The molecule has 0 saturated heterocycles. The fourth-order valence-corrected chi connectivity index (χ4v) is 5.44. The molecule has 0 amide bonds. The molecule has 1 heterocycles. The zero-order chi connectivity index (χ0) is 23.9. The molecule has 0 bridgehead atoms. The summed E-state index contributed by atoms with van der Waals surface area (Å²) in [5, 5.41) is 0.143. The van der Waals surface area contributed by atoms with E-state index in [0.29, 0.717) is 18.8 Å². The summed E-state index contributed by atoms with van der Waals surface area (Å²) in [7, 11) is -1.92. The summed E-state index contributed by atoms with van der Waals surface area (Å²) < 4.78 is 13.8. The van der Waals surface area contributed by atoms with Crippen LogP contribution in [0.2, 0.25) is 18.1 Å². The van der Waals surface area contributed by atoms with Gasteiger partial charge in [-0.1, -0.05) is 26.8 Å². The number of carbonyl (C=O) groups excluding carboxylic acids is 1. The maximum absolute atomic E-state index is 12.0. The van der Waals surface area contributed by atoms with Gasteiger partial charge < -0.3 is 13.7 Å². The van der Waals surface area contributed by atoms with Crippen LogP contribution < -0.4 is 0 Å². The zero-order valence-corrected chi connectivity index (χ0v) is 22.8. The highest BCUT2D eigenvalue weighted by Gasteiger charge is 2.39. The van der Waals surface area contributed by atoms with E-state index >= 15 is 0 Å². The van der Waals surface area contributed by atoms with Crippen LogP contribution in [-0.4, -0.2) is 42.3 Å². The lowest BCUT2D eigenvalue weighted by molar-refractivity contribution is 0.0519. The van der Waals surface area contributed by atoms with Crippen molar-refractivity contribution in [3.63, 3.8) is 0 Å². The molecule has 7 heteroatoms. The third-order valence-corrected chi connectivity index (χ3v) is 11.8. The normalized spacial score (nSPS) is 13.2. The van der Waals surface area contributed by atoms with Crippen molar-refractivity contribution < 1.29 is 14.0 Å². The molecule has 0 saturated carbocycles. The first-order valence-corrected chi connectivity index (χ1v) is 15.4. The van der Waals surface area contributed by atoms with Crippen molar-refractivity contribution in [3.05, 3.63) is 47.5 Å². The number of imidazole rings is 1. The molecule has 0 radical (unpaired) electrons. The summed E-state index contributed by atoms with van der Waals surface area (Å²) in [6.45, 7) is 18.5. The van der Waals surface area contributed by atoms with E-state index in [1.807, 2.05) is 16.3 Å². The molecule has 2 rings (SSSR count). The smallest absolute Gasteiger partial charge is 0.358 e. The van der Waals surface area contributed by atoms with Gasteiger partial charge in [-0.2, -0.15) is 0 Å². The van der Waals surface area contributed by atoms with Crippen LogP contribution in [0.15, 0.2) is 35.6 Å². The number of ether oxygens (including phenoxy) is 1. The molecule has 0 N–H and O–H groups in total. The zero-order valence-electron chi connectivity index (χ0n) is 21.0. The lowest BCUT2D eigenvalue weighted by atomic mass is 10.1. The Labute approximate surface area is 199 Å². The number of hydrogen-bond acceptors (Lipinski definition) is 5. The molecule has 0 aliphatic carbocycles. The fourth-order valence-electron chi connectivity index (χ4n) is 3.09. The Hall–Kier alpha value is -1.57. The van der Waals surface area contributed by atoms with Gasteiger partial charge in [-0.15, -0.1) is 11.8 Å². The van der Waals surface area contributed by atoms with Crippen molar-refractivity contribution in [1.82, 2.24) is 9.55 Å². The molecule has 1 atom stereocenters. The summed E-state index contributed by atoms with van der Waals surface area (Å²) in [4.78, 5) is 17.5. The highest BCUT2D eigenvalue weighted by Crippen LogP contribution is 2.38. The lowest BCUT2D eigenvalue weighted by Gasteiger charge is -2.39. The Morgan fingerprint density at radius 3 is 2.56 bits per heavy atom. The summed E-state index contributed by atoms with van der Waals surface area (Å²) in [6.07, 6.45) is 5.59. The first-order valence-electron chi connectivity index (χ1n) is 11.5. The van der Waals surface area contributed by atoms with Crippen LogP contribution in [0, 0.1) is 13.8 Å². The highest BCUT2D eigenvalue weighted by molar-refractivity contribution is 7.99. The van der Waals surface area contributed by atoms with Gasteiger partial charge in [0.25, 0.3) is 0 Å². The summed E-state index contributed by atoms with van der Waals surface area (Å²) in [6, 6.07) is 6.67. The number of esters is 1. The van der Waals surface area contributed by atoms with Gasteiger partial charge in [0.1, 0.15) is 0 Å². The van der Waals surface area contributed by atoms with Gasteiger partial charge in [0.2, 0.25) is 0 Å². The van der Waals surface area contributed by atoms with Crippen LogP contribution in [0.25, 0.3) is 0 Å². The maximum atomic E-state index is 12.0. The van der Waals surface area contributed by atoms with Crippen LogP contribution in [0.5, 0.6) is 0 Å². The van der Waals surface area contributed by atoms with Crippen LogP contribution in [0.3, 0.4) is 0 Å². The number of thioether (sulfide) groups is 1. The van der Waals surface area contributed by atoms with E-state index in [0.717, 1.165) is 18.6 Å². The molecule has 2 aromatic rings. The van der Waals surface area contributed by atoms with Crippen LogP contribution in [-0.2, 0) is 15.7 Å². The van der Waals surface area contributed by atoms with E-state index in [1.54, 1.807) is 19.4 Å². The molecule has 0 aliphatic heterocycles. The van der Waals surface area contributed by atoms with Crippen LogP contribution in [0.1, 0.15) is 62.2 Å². The van der Waals surface area contributed by atoms with Gasteiger partial charge in [0.05, 0.1) is 19.0 Å². The van der Waals surface area contributed by atoms with Gasteiger partial charge in [-0.05, 0) is 80.8 Å². The molecule has 5 nitrogen and oxygen atoms in total. The Kier molecular flexibility index (Phi) is 9.61. The molecule has 178 valence electrons. The number of hydrogen-bond donors (Lipinski definition) is 0. The van der Waals surface area contributed by atoms with E-state index in [1.165, 1.54) is 16.0 Å². The largest absolute Gasteiger partial charge is 0.461 e. The number of nitrogens with zero attached hydrogens (tertiary/aromatic N) is 2. The van der Waals surface area contributed by atoms with E-state index < -0.39 is 8.32 Å². The van der Waals surface area contributed by atoms with E-state index in [-0.39, 0.29) is 17.1 Å². The summed E-state index contributed by atoms with van der Waals surface area (Å²) in [5.41, 5.74) is 3.02. The first kappa shape index (κ1) is 26.7. The molecule has 1 aromatic carbocycles. The van der Waals surface area contributed by atoms with E-state index in [2.05, 4.69) is 70.9 Å². The minimum atomic E-state index is -1.92. The second kappa shape index (κ2) is 11.5. The second-order valence-electron chi connectivity index (χ2n) is 9.91. The predicted molar refractivity (Wildman–Crippen MR) is 136 cm³/mol. The molecular weight excluding hydrogens is 436 g/mol.